The molecule has 0 amide bonds. The molecule has 228 valence electrons. The van der Waals surface area contributed by atoms with Crippen LogP contribution >= 0.6 is 0 Å². The first-order chi connectivity index (χ1) is 20.1. The molecule has 0 saturated heterocycles. The second kappa shape index (κ2) is 14.6. The molecule has 3 aromatic rings. The van der Waals surface area contributed by atoms with Gasteiger partial charge in [-0.15, -0.1) is 0 Å². The SMILES string of the molecule is CCN(CC)c1ccc(C)c(C(COC(C)=O)(c2cc(N(CC)CC)ccc2C)c2cc(N(CC)CC)ccc2C)c1. The quantitative estimate of drug-likeness (QED) is 0.145. The standard InChI is InChI=1S/C37H53N3O2/c1-11-38(12-2)31-20-17-27(7)34(23-31)37(26-42-30(10)41,35-24-32(21-18-28(35)8)39(13-3)14-4)36-25-33(22-19-29(36)9)40(15-5)16-6/h17-25H,11-16,26H2,1-10H3. The van der Waals surface area contributed by atoms with Crippen LogP contribution in [0.5, 0.6) is 0 Å². The van der Waals surface area contributed by atoms with E-state index < -0.39 is 5.41 Å². The third-order valence-corrected chi connectivity index (χ3v) is 8.92. The van der Waals surface area contributed by atoms with Crippen LogP contribution in [0.25, 0.3) is 0 Å². The maximum atomic E-state index is 12.6. The van der Waals surface area contributed by atoms with Crippen LogP contribution in [0.15, 0.2) is 54.6 Å². The van der Waals surface area contributed by atoms with Crippen molar-refractivity contribution in [1.82, 2.24) is 0 Å². The number of benzene rings is 3. The van der Waals surface area contributed by atoms with Gasteiger partial charge in [-0.3, -0.25) is 4.79 Å². The molecule has 0 bridgehead atoms. The lowest BCUT2D eigenvalue weighted by atomic mass is 9.66. The molecule has 3 aromatic carbocycles. The van der Waals surface area contributed by atoms with Crippen molar-refractivity contribution < 1.29 is 9.53 Å². The molecule has 0 N–H and O–H groups in total. The second-order valence-corrected chi connectivity index (χ2v) is 11.2. The van der Waals surface area contributed by atoms with Crippen LogP contribution in [0.2, 0.25) is 0 Å². The molecule has 0 aliphatic rings. The molecule has 0 spiro atoms. The van der Waals surface area contributed by atoms with E-state index in [1.165, 1.54) is 57.4 Å². The van der Waals surface area contributed by atoms with E-state index in [0.29, 0.717) is 0 Å². The average Bonchev–Trinajstić information content (AvgIpc) is 2.98. The Hall–Kier alpha value is -3.47. The average molecular weight is 572 g/mol. The van der Waals surface area contributed by atoms with Gasteiger partial charge in [0.05, 0.1) is 5.41 Å². The zero-order valence-electron chi connectivity index (χ0n) is 27.8. The highest BCUT2D eigenvalue weighted by molar-refractivity contribution is 5.69. The van der Waals surface area contributed by atoms with Crippen LogP contribution in [-0.2, 0) is 14.9 Å². The largest absolute Gasteiger partial charge is 0.464 e. The molecule has 0 radical (unpaired) electrons. The third kappa shape index (κ3) is 6.61. The van der Waals surface area contributed by atoms with E-state index in [4.69, 9.17) is 4.74 Å². The smallest absolute Gasteiger partial charge is 0.302 e. The van der Waals surface area contributed by atoms with E-state index in [9.17, 15) is 4.79 Å². The Balaban J connectivity index is 2.58. The molecule has 0 atom stereocenters. The predicted molar refractivity (Wildman–Crippen MR) is 181 cm³/mol. The first-order valence-electron chi connectivity index (χ1n) is 15.8. The van der Waals surface area contributed by atoms with Gasteiger partial charge in [0.25, 0.3) is 0 Å². The van der Waals surface area contributed by atoms with Gasteiger partial charge in [-0.2, -0.15) is 0 Å². The van der Waals surface area contributed by atoms with Crippen molar-refractivity contribution >= 4 is 23.0 Å². The fourth-order valence-corrected chi connectivity index (χ4v) is 6.44. The van der Waals surface area contributed by atoms with Gasteiger partial charge >= 0.3 is 5.97 Å². The van der Waals surface area contributed by atoms with E-state index in [0.717, 1.165) is 39.3 Å². The summed E-state index contributed by atoms with van der Waals surface area (Å²) in [5.74, 6) is -0.271. The van der Waals surface area contributed by atoms with Gasteiger partial charge in [0.15, 0.2) is 0 Å². The monoisotopic (exact) mass is 571 g/mol. The summed E-state index contributed by atoms with van der Waals surface area (Å²) in [5, 5.41) is 0. The Bertz CT molecular complexity index is 1190. The summed E-state index contributed by atoms with van der Waals surface area (Å²) in [4.78, 5) is 19.8. The van der Waals surface area contributed by atoms with Crippen LogP contribution in [0, 0.1) is 20.8 Å². The Morgan fingerprint density at radius 1 is 0.571 bits per heavy atom. The Kier molecular flexibility index (Phi) is 11.5. The molecule has 5 heteroatoms. The summed E-state index contributed by atoms with van der Waals surface area (Å²) >= 11 is 0. The van der Waals surface area contributed by atoms with Crippen LogP contribution < -0.4 is 14.7 Å². The van der Waals surface area contributed by atoms with Gasteiger partial charge in [0.1, 0.15) is 6.61 Å². The first-order valence-corrected chi connectivity index (χ1v) is 15.8. The third-order valence-electron chi connectivity index (χ3n) is 8.92. The number of hydrogen-bond acceptors (Lipinski definition) is 5. The van der Waals surface area contributed by atoms with Crippen LogP contribution in [0.1, 0.15) is 81.8 Å². The van der Waals surface area contributed by atoms with Crippen LogP contribution in [0.4, 0.5) is 17.1 Å². The summed E-state index contributed by atoms with van der Waals surface area (Å²) < 4.78 is 6.11. The van der Waals surface area contributed by atoms with Crippen molar-refractivity contribution in [3.05, 3.63) is 88.0 Å². The number of esters is 1. The fourth-order valence-electron chi connectivity index (χ4n) is 6.44. The predicted octanol–water partition coefficient (Wildman–Crippen LogP) is 8.05. The van der Waals surface area contributed by atoms with Crippen LogP contribution in [0.3, 0.4) is 0 Å². The maximum absolute atomic E-state index is 12.6. The molecule has 0 fully saturated rings. The van der Waals surface area contributed by atoms with Crippen molar-refractivity contribution in [3.8, 4) is 0 Å². The number of nitrogens with zero attached hydrogens (tertiary/aromatic N) is 3. The van der Waals surface area contributed by atoms with Crippen LogP contribution in [-0.4, -0.2) is 51.8 Å². The molecule has 0 aromatic heterocycles. The molecule has 0 aliphatic heterocycles. The van der Waals surface area contributed by atoms with Gasteiger partial charge in [-0.05, 0) is 132 Å². The van der Waals surface area contributed by atoms with Gasteiger partial charge < -0.3 is 19.4 Å². The zero-order chi connectivity index (χ0) is 31.0. The minimum atomic E-state index is -0.723. The molecular formula is C37H53N3O2. The van der Waals surface area contributed by atoms with Crippen molar-refractivity contribution in [2.24, 2.45) is 0 Å². The number of carbonyl (C=O) groups is 1. The van der Waals surface area contributed by atoms with Gasteiger partial charge in [0, 0.05) is 63.3 Å². The lowest BCUT2D eigenvalue weighted by Gasteiger charge is -2.40. The molecule has 42 heavy (non-hydrogen) atoms. The summed E-state index contributed by atoms with van der Waals surface area (Å²) in [5.41, 5.74) is 9.89. The summed E-state index contributed by atoms with van der Waals surface area (Å²) in [6, 6.07) is 20.4. The Morgan fingerprint density at radius 3 is 1.10 bits per heavy atom. The molecule has 3 rings (SSSR count). The van der Waals surface area contributed by atoms with Gasteiger partial charge in [-0.1, -0.05) is 18.2 Å². The van der Waals surface area contributed by atoms with E-state index in [2.05, 4.69) is 132 Å². The summed E-state index contributed by atoms with van der Waals surface area (Å²) in [7, 11) is 0. The second-order valence-electron chi connectivity index (χ2n) is 11.2. The fraction of sp³-hybridized carbons (Fsp3) is 0.486. The molecule has 0 saturated carbocycles. The lowest BCUT2D eigenvalue weighted by Crippen LogP contribution is -2.39. The van der Waals surface area contributed by atoms with E-state index >= 15 is 0 Å². The number of rotatable bonds is 14. The number of anilines is 3. The van der Waals surface area contributed by atoms with Crippen molar-refractivity contribution in [2.75, 3.05) is 60.6 Å². The van der Waals surface area contributed by atoms with E-state index in [-0.39, 0.29) is 12.6 Å². The molecular weight excluding hydrogens is 518 g/mol. The summed E-state index contributed by atoms with van der Waals surface area (Å²) in [6.45, 7) is 27.0. The first kappa shape index (κ1) is 33.0. The van der Waals surface area contributed by atoms with Gasteiger partial charge in [-0.25, -0.2) is 0 Å². The normalized spacial score (nSPS) is 11.4. The van der Waals surface area contributed by atoms with Crippen molar-refractivity contribution in [2.45, 2.75) is 74.7 Å². The number of aryl methyl sites for hydroxylation is 3. The highest BCUT2D eigenvalue weighted by Crippen LogP contribution is 2.47. The number of carbonyl (C=O) groups excluding carboxylic acids is 1. The van der Waals surface area contributed by atoms with E-state index in [1.807, 2.05) is 0 Å². The zero-order valence-corrected chi connectivity index (χ0v) is 27.8. The molecule has 0 heterocycles. The van der Waals surface area contributed by atoms with E-state index in [1.54, 1.807) is 0 Å². The lowest BCUT2D eigenvalue weighted by molar-refractivity contribution is -0.142. The minimum Gasteiger partial charge on any atom is -0.464 e. The Labute approximate surface area is 255 Å². The highest BCUT2D eigenvalue weighted by Gasteiger charge is 2.42. The minimum absolute atomic E-state index is 0.218. The molecule has 0 aliphatic carbocycles. The number of ether oxygens (including phenoxy) is 1. The summed E-state index contributed by atoms with van der Waals surface area (Å²) in [6.07, 6.45) is 0. The van der Waals surface area contributed by atoms with Gasteiger partial charge in [0.2, 0.25) is 0 Å². The van der Waals surface area contributed by atoms with Crippen molar-refractivity contribution in [3.63, 3.8) is 0 Å². The Morgan fingerprint density at radius 2 is 0.857 bits per heavy atom. The highest BCUT2D eigenvalue weighted by atomic mass is 16.5. The topological polar surface area (TPSA) is 36.0 Å². The molecule has 5 nitrogen and oxygen atoms in total. The molecule has 0 unspecified atom stereocenters. The maximum Gasteiger partial charge on any atom is 0.302 e. The van der Waals surface area contributed by atoms with Crippen molar-refractivity contribution in [1.29, 1.82) is 0 Å². The number of hydrogen-bond donors (Lipinski definition) is 0.